The molecule has 0 spiro atoms. The Morgan fingerprint density at radius 2 is 2.12 bits per heavy atom. The molecular formula is C11H19N3O3. The van der Waals surface area contributed by atoms with Crippen molar-refractivity contribution in [2.45, 2.75) is 32.2 Å². The minimum absolute atomic E-state index is 0.0375. The Morgan fingerprint density at radius 1 is 1.41 bits per heavy atom. The van der Waals surface area contributed by atoms with Gasteiger partial charge >= 0.3 is 0 Å². The van der Waals surface area contributed by atoms with Gasteiger partial charge in [-0.2, -0.15) is 0 Å². The number of hydrogen-bond donors (Lipinski definition) is 2. The molecule has 1 fully saturated rings. The lowest BCUT2D eigenvalue weighted by atomic mass is 10.2. The van der Waals surface area contributed by atoms with Crippen LogP contribution in [0.1, 0.15) is 26.2 Å². The van der Waals surface area contributed by atoms with Crippen molar-refractivity contribution < 1.29 is 14.4 Å². The van der Waals surface area contributed by atoms with Crippen molar-refractivity contribution in [3.63, 3.8) is 0 Å². The van der Waals surface area contributed by atoms with Crippen LogP contribution < -0.4 is 10.6 Å². The van der Waals surface area contributed by atoms with E-state index in [1.165, 1.54) is 7.05 Å². The van der Waals surface area contributed by atoms with Gasteiger partial charge < -0.3 is 10.6 Å². The first-order valence-electron chi connectivity index (χ1n) is 5.86. The van der Waals surface area contributed by atoms with E-state index in [0.29, 0.717) is 19.5 Å². The van der Waals surface area contributed by atoms with E-state index in [4.69, 9.17) is 0 Å². The topological polar surface area (TPSA) is 78.5 Å². The lowest BCUT2D eigenvalue weighted by molar-refractivity contribution is -0.137. The summed E-state index contributed by atoms with van der Waals surface area (Å²) in [7, 11) is 1.47. The molecule has 6 heteroatoms. The van der Waals surface area contributed by atoms with Gasteiger partial charge in [0.05, 0.1) is 12.5 Å². The first kappa shape index (κ1) is 13.6. The third-order valence-electron chi connectivity index (χ3n) is 2.70. The molecule has 0 aromatic rings. The van der Waals surface area contributed by atoms with Crippen molar-refractivity contribution in [2.24, 2.45) is 0 Å². The summed E-state index contributed by atoms with van der Waals surface area (Å²) in [4.78, 5) is 35.1. The van der Waals surface area contributed by atoms with Gasteiger partial charge in [-0.1, -0.05) is 6.92 Å². The molecule has 2 N–H and O–H groups in total. The minimum atomic E-state index is -0.466. The lowest BCUT2D eigenvalue weighted by Crippen LogP contribution is -2.39. The van der Waals surface area contributed by atoms with Crippen LogP contribution in [0.15, 0.2) is 0 Å². The van der Waals surface area contributed by atoms with Crippen molar-refractivity contribution in [3.05, 3.63) is 0 Å². The molecule has 1 aliphatic rings. The fraction of sp³-hybridized carbons (Fsp3) is 0.727. The van der Waals surface area contributed by atoms with E-state index in [1.54, 1.807) is 0 Å². The van der Waals surface area contributed by atoms with E-state index in [2.05, 4.69) is 10.6 Å². The summed E-state index contributed by atoms with van der Waals surface area (Å²) in [6.07, 6.45) is 1.41. The van der Waals surface area contributed by atoms with Crippen LogP contribution in [0.25, 0.3) is 0 Å². The Balaban J connectivity index is 2.21. The maximum Gasteiger partial charge on any atom is 0.246 e. The van der Waals surface area contributed by atoms with Crippen LogP contribution >= 0.6 is 0 Å². The first-order valence-corrected chi connectivity index (χ1v) is 5.86. The summed E-state index contributed by atoms with van der Waals surface area (Å²) >= 11 is 0. The van der Waals surface area contributed by atoms with Gasteiger partial charge in [-0.05, 0) is 6.42 Å². The maximum absolute atomic E-state index is 11.5. The van der Waals surface area contributed by atoms with Gasteiger partial charge in [-0.25, -0.2) is 0 Å². The molecule has 0 aromatic carbocycles. The van der Waals surface area contributed by atoms with E-state index in [9.17, 15) is 14.4 Å². The number of rotatable bonds is 6. The fourth-order valence-corrected chi connectivity index (χ4v) is 1.63. The number of hydrogen-bond acceptors (Lipinski definition) is 4. The lowest BCUT2D eigenvalue weighted by Gasteiger charge is -2.10. The highest BCUT2D eigenvalue weighted by atomic mass is 16.2. The van der Waals surface area contributed by atoms with E-state index in [0.717, 1.165) is 11.3 Å². The van der Waals surface area contributed by atoms with Crippen molar-refractivity contribution in [1.82, 2.24) is 15.5 Å². The molecular weight excluding hydrogens is 222 g/mol. The standard InChI is InChI=1S/C11H19N3O3/c1-3-5-13-9(15)4-6-12-8-7-10(16)14(2)11(8)17/h8,12H,3-7H2,1-2H3,(H,13,15). The van der Waals surface area contributed by atoms with E-state index in [-0.39, 0.29) is 24.1 Å². The summed E-state index contributed by atoms with van der Waals surface area (Å²) in [6, 6.07) is -0.466. The van der Waals surface area contributed by atoms with E-state index in [1.807, 2.05) is 6.92 Å². The van der Waals surface area contributed by atoms with Crippen molar-refractivity contribution in [2.75, 3.05) is 20.1 Å². The molecule has 1 aliphatic heterocycles. The highest BCUT2D eigenvalue weighted by Crippen LogP contribution is 2.09. The van der Waals surface area contributed by atoms with E-state index < -0.39 is 6.04 Å². The van der Waals surface area contributed by atoms with Crippen LogP contribution in [0.4, 0.5) is 0 Å². The number of likely N-dealkylation sites (tertiary alicyclic amines) is 1. The van der Waals surface area contributed by atoms with Crippen molar-refractivity contribution in [1.29, 1.82) is 0 Å². The van der Waals surface area contributed by atoms with Gasteiger partial charge in [0.15, 0.2) is 0 Å². The normalized spacial score (nSPS) is 19.9. The predicted octanol–water partition coefficient (Wildman–Crippen LogP) is -0.750. The van der Waals surface area contributed by atoms with Crippen molar-refractivity contribution >= 4 is 17.7 Å². The average molecular weight is 241 g/mol. The SMILES string of the molecule is CCCNC(=O)CCNC1CC(=O)N(C)C1=O. The number of likely N-dealkylation sites (N-methyl/N-ethyl adjacent to an activating group) is 1. The monoisotopic (exact) mass is 241 g/mol. The van der Waals surface area contributed by atoms with Gasteiger partial charge in [0.2, 0.25) is 17.7 Å². The summed E-state index contributed by atoms with van der Waals surface area (Å²) in [5, 5.41) is 5.67. The number of imide groups is 1. The summed E-state index contributed by atoms with van der Waals surface area (Å²) in [5.41, 5.74) is 0. The summed E-state index contributed by atoms with van der Waals surface area (Å²) in [5.74, 6) is -0.434. The Bertz CT molecular complexity index is 317. The maximum atomic E-state index is 11.5. The second-order valence-electron chi connectivity index (χ2n) is 4.10. The smallest absolute Gasteiger partial charge is 0.246 e. The second-order valence-corrected chi connectivity index (χ2v) is 4.10. The Morgan fingerprint density at radius 3 is 2.65 bits per heavy atom. The number of carbonyl (C=O) groups is 3. The molecule has 17 heavy (non-hydrogen) atoms. The highest BCUT2D eigenvalue weighted by molar-refractivity contribution is 6.05. The molecule has 1 unspecified atom stereocenters. The largest absolute Gasteiger partial charge is 0.356 e. The van der Waals surface area contributed by atoms with Gasteiger partial charge in [0.1, 0.15) is 0 Å². The average Bonchev–Trinajstić information content (AvgIpc) is 2.54. The zero-order chi connectivity index (χ0) is 12.8. The molecule has 6 nitrogen and oxygen atoms in total. The number of amides is 3. The number of nitrogens with one attached hydrogen (secondary N) is 2. The fourth-order valence-electron chi connectivity index (χ4n) is 1.63. The molecule has 1 rings (SSSR count). The van der Waals surface area contributed by atoms with Gasteiger partial charge in [0.25, 0.3) is 0 Å². The summed E-state index contributed by atoms with van der Waals surface area (Å²) < 4.78 is 0. The third kappa shape index (κ3) is 3.81. The van der Waals surface area contributed by atoms with Crippen LogP contribution in [0.3, 0.4) is 0 Å². The first-order chi connectivity index (χ1) is 8.06. The van der Waals surface area contributed by atoms with Crippen LogP contribution in [-0.4, -0.2) is 48.8 Å². The minimum Gasteiger partial charge on any atom is -0.356 e. The molecule has 0 radical (unpaired) electrons. The van der Waals surface area contributed by atoms with Gasteiger partial charge in [0, 0.05) is 26.6 Å². The zero-order valence-electron chi connectivity index (χ0n) is 10.3. The van der Waals surface area contributed by atoms with Crippen LogP contribution in [0.5, 0.6) is 0 Å². The van der Waals surface area contributed by atoms with Crippen LogP contribution in [0, 0.1) is 0 Å². The molecule has 0 aromatic heterocycles. The van der Waals surface area contributed by atoms with Crippen LogP contribution in [0.2, 0.25) is 0 Å². The Labute approximate surface area is 101 Å². The quantitative estimate of drug-likeness (QED) is 0.600. The Kier molecular flexibility index (Phi) is 5.09. The molecule has 3 amide bonds. The third-order valence-corrected chi connectivity index (χ3v) is 2.70. The number of nitrogens with zero attached hydrogens (tertiary/aromatic N) is 1. The zero-order valence-corrected chi connectivity index (χ0v) is 10.3. The predicted molar refractivity (Wildman–Crippen MR) is 62.1 cm³/mol. The molecule has 1 heterocycles. The molecule has 1 saturated heterocycles. The van der Waals surface area contributed by atoms with Crippen LogP contribution in [-0.2, 0) is 14.4 Å². The molecule has 0 bridgehead atoms. The summed E-state index contributed by atoms with van der Waals surface area (Å²) in [6.45, 7) is 3.06. The second kappa shape index (κ2) is 6.34. The highest BCUT2D eigenvalue weighted by Gasteiger charge is 2.35. The van der Waals surface area contributed by atoms with E-state index >= 15 is 0 Å². The van der Waals surface area contributed by atoms with Crippen molar-refractivity contribution in [3.8, 4) is 0 Å². The number of carbonyl (C=O) groups excluding carboxylic acids is 3. The molecule has 0 saturated carbocycles. The molecule has 1 atom stereocenters. The van der Waals surface area contributed by atoms with Gasteiger partial charge in [-0.15, -0.1) is 0 Å². The molecule has 0 aliphatic carbocycles. The Hall–Kier alpha value is -1.43. The van der Waals surface area contributed by atoms with Gasteiger partial charge in [-0.3, -0.25) is 19.3 Å². The molecule has 96 valence electrons.